The van der Waals surface area contributed by atoms with Gasteiger partial charge in [-0.3, -0.25) is 4.79 Å². The lowest BCUT2D eigenvalue weighted by Gasteiger charge is -2.29. The summed E-state index contributed by atoms with van der Waals surface area (Å²) in [4.78, 5) is 19.1. The second kappa shape index (κ2) is 8.16. The monoisotopic (exact) mass is 417 g/mol. The van der Waals surface area contributed by atoms with Crippen molar-refractivity contribution in [2.45, 2.75) is 0 Å². The Kier molecular flexibility index (Phi) is 5.05. The third-order valence-electron chi connectivity index (χ3n) is 5.27. The summed E-state index contributed by atoms with van der Waals surface area (Å²) in [7, 11) is 0. The van der Waals surface area contributed by atoms with Gasteiger partial charge in [0.05, 0.1) is 30.8 Å². The lowest BCUT2D eigenvalue weighted by Crippen LogP contribution is -2.36. The van der Waals surface area contributed by atoms with Crippen LogP contribution in [0, 0.1) is 5.82 Å². The third-order valence-corrected chi connectivity index (χ3v) is 5.27. The number of nitrogens with one attached hydrogen (secondary N) is 1. The first-order chi connectivity index (χ1) is 15.2. The van der Waals surface area contributed by atoms with Crippen LogP contribution in [0.25, 0.3) is 16.9 Å². The van der Waals surface area contributed by atoms with E-state index in [0.29, 0.717) is 48.9 Å². The van der Waals surface area contributed by atoms with Crippen LogP contribution in [0.1, 0.15) is 10.4 Å². The number of morpholine rings is 1. The van der Waals surface area contributed by atoms with Crippen LogP contribution in [0.15, 0.2) is 67.0 Å². The van der Waals surface area contributed by atoms with Gasteiger partial charge in [-0.2, -0.15) is 5.10 Å². The number of benzene rings is 2. The van der Waals surface area contributed by atoms with Crippen LogP contribution in [0.3, 0.4) is 0 Å². The zero-order valence-corrected chi connectivity index (χ0v) is 16.7. The van der Waals surface area contributed by atoms with Gasteiger partial charge in [0, 0.05) is 30.5 Å². The Labute approximate surface area is 178 Å². The summed E-state index contributed by atoms with van der Waals surface area (Å²) < 4.78 is 21.6. The summed E-state index contributed by atoms with van der Waals surface area (Å²) in [6, 6.07) is 16.3. The van der Waals surface area contributed by atoms with Crippen LogP contribution in [-0.2, 0) is 4.74 Å². The van der Waals surface area contributed by atoms with Crippen molar-refractivity contribution in [3.63, 3.8) is 0 Å². The lowest BCUT2D eigenvalue weighted by atomic mass is 10.1. The molecule has 7 nitrogen and oxygen atoms in total. The van der Waals surface area contributed by atoms with Crippen molar-refractivity contribution < 1.29 is 13.9 Å². The highest BCUT2D eigenvalue weighted by atomic mass is 19.1. The fourth-order valence-electron chi connectivity index (χ4n) is 3.72. The molecule has 0 aliphatic carbocycles. The van der Waals surface area contributed by atoms with Crippen molar-refractivity contribution in [3.8, 4) is 11.3 Å². The Hall–Kier alpha value is -3.78. The van der Waals surface area contributed by atoms with E-state index in [1.165, 1.54) is 12.3 Å². The van der Waals surface area contributed by atoms with Gasteiger partial charge in [0.15, 0.2) is 5.65 Å². The molecule has 1 aliphatic heterocycles. The smallest absolute Gasteiger partial charge is 0.261 e. The zero-order valence-electron chi connectivity index (χ0n) is 16.7. The van der Waals surface area contributed by atoms with E-state index in [9.17, 15) is 9.18 Å². The van der Waals surface area contributed by atoms with Gasteiger partial charge in [-0.15, -0.1) is 0 Å². The zero-order chi connectivity index (χ0) is 21.2. The lowest BCUT2D eigenvalue weighted by molar-refractivity contribution is 0.102. The largest absolute Gasteiger partial charge is 0.378 e. The number of nitrogens with zero attached hydrogens (tertiary/aromatic N) is 4. The number of hydrogen-bond acceptors (Lipinski definition) is 5. The average Bonchev–Trinajstić information content (AvgIpc) is 3.25. The first-order valence-electron chi connectivity index (χ1n) is 10.0. The first-order valence-corrected chi connectivity index (χ1v) is 10.0. The van der Waals surface area contributed by atoms with E-state index < -0.39 is 5.91 Å². The molecule has 0 atom stereocenters. The van der Waals surface area contributed by atoms with Gasteiger partial charge in [0.2, 0.25) is 0 Å². The molecule has 156 valence electrons. The van der Waals surface area contributed by atoms with Gasteiger partial charge in [0.25, 0.3) is 5.91 Å². The first kappa shape index (κ1) is 19.2. The van der Waals surface area contributed by atoms with E-state index in [-0.39, 0.29) is 5.82 Å². The van der Waals surface area contributed by atoms with Gasteiger partial charge in [-0.05, 0) is 24.3 Å². The predicted molar refractivity (Wildman–Crippen MR) is 116 cm³/mol. The maximum Gasteiger partial charge on any atom is 0.261 e. The Balaban J connectivity index is 1.40. The molecule has 0 saturated carbocycles. The van der Waals surface area contributed by atoms with Gasteiger partial charge >= 0.3 is 0 Å². The van der Waals surface area contributed by atoms with Crippen molar-refractivity contribution in [1.29, 1.82) is 0 Å². The van der Waals surface area contributed by atoms with Crippen LogP contribution >= 0.6 is 0 Å². The molecule has 1 fully saturated rings. The van der Waals surface area contributed by atoms with Crippen molar-refractivity contribution in [3.05, 3.63) is 78.4 Å². The number of hydrogen-bond donors (Lipinski definition) is 1. The minimum Gasteiger partial charge on any atom is -0.378 e. The van der Waals surface area contributed by atoms with Crippen LogP contribution in [-0.4, -0.2) is 46.8 Å². The molecule has 1 N–H and O–H groups in total. The molecular formula is C23H20FN5O2. The highest BCUT2D eigenvalue weighted by Gasteiger charge is 2.19. The van der Waals surface area contributed by atoms with E-state index >= 15 is 0 Å². The summed E-state index contributed by atoms with van der Waals surface area (Å²) in [5.41, 5.74) is 3.42. The number of carbonyl (C=O) groups is 1. The molecule has 1 amide bonds. The number of halogens is 1. The van der Waals surface area contributed by atoms with Gasteiger partial charge < -0.3 is 15.0 Å². The van der Waals surface area contributed by atoms with Crippen LogP contribution in [0.5, 0.6) is 0 Å². The topological polar surface area (TPSA) is 71.8 Å². The molecule has 1 aliphatic rings. The molecule has 1 saturated heterocycles. The highest BCUT2D eigenvalue weighted by molar-refractivity contribution is 6.08. The molecular weight excluding hydrogens is 397 g/mol. The molecule has 8 heteroatoms. The number of ether oxygens (including phenoxy) is 1. The fraction of sp³-hybridized carbons (Fsp3) is 0.174. The number of rotatable bonds is 4. The summed E-state index contributed by atoms with van der Waals surface area (Å²) in [5, 5.41) is 7.10. The Morgan fingerprint density at radius 2 is 1.87 bits per heavy atom. The summed E-state index contributed by atoms with van der Waals surface area (Å²) >= 11 is 0. The molecule has 31 heavy (non-hydrogen) atoms. The molecule has 0 spiro atoms. The Morgan fingerprint density at radius 3 is 2.65 bits per heavy atom. The summed E-state index contributed by atoms with van der Waals surface area (Å²) in [6.45, 7) is 2.43. The number of anilines is 2. The minimum absolute atomic E-state index is 0.315. The number of carbonyl (C=O) groups excluding carboxylic acids is 1. The van der Waals surface area contributed by atoms with Crippen molar-refractivity contribution in [1.82, 2.24) is 14.6 Å². The normalized spacial score (nSPS) is 14.0. The molecule has 3 heterocycles. The minimum atomic E-state index is -0.397. The van der Waals surface area contributed by atoms with Crippen LogP contribution in [0.4, 0.5) is 15.8 Å². The second-order valence-electron chi connectivity index (χ2n) is 7.21. The third kappa shape index (κ3) is 3.73. The molecule has 0 bridgehead atoms. The molecule has 4 aromatic rings. The Bertz CT molecular complexity index is 1240. The maximum atomic E-state index is 14.7. The number of fused-ring (bicyclic) bond motifs is 1. The van der Waals surface area contributed by atoms with E-state index in [2.05, 4.69) is 15.4 Å². The molecule has 2 aromatic carbocycles. The Morgan fingerprint density at radius 1 is 1.06 bits per heavy atom. The van der Waals surface area contributed by atoms with E-state index in [1.54, 1.807) is 22.8 Å². The average molecular weight is 417 g/mol. The van der Waals surface area contributed by atoms with E-state index in [1.807, 2.05) is 41.3 Å². The van der Waals surface area contributed by atoms with E-state index in [4.69, 9.17) is 4.74 Å². The van der Waals surface area contributed by atoms with Crippen LogP contribution < -0.4 is 10.2 Å². The SMILES string of the molecule is O=C(Nc1ccc(N2CCOCC2)c(F)c1)c1cnn2c(-c3ccccc3)ccnc12. The van der Waals surface area contributed by atoms with Crippen molar-refractivity contribution in [2.24, 2.45) is 0 Å². The second-order valence-corrected chi connectivity index (χ2v) is 7.21. The summed E-state index contributed by atoms with van der Waals surface area (Å²) in [5.74, 6) is -0.782. The van der Waals surface area contributed by atoms with Gasteiger partial charge in [0.1, 0.15) is 11.4 Å². The van der Waals surface area contributed by atoms with Crippen LogP contribution in [0.2, 0.25) is 0 Å². The van der Waals surface area contributed by atoms with Gasteiger partial charge in [-0.1, -0.05) is 30.3 Å². The summed E-state index contributed by atoms with van der Waals surface area (Å²) in [6.07, 6.45) is 3.12. The molecule has 5 rings (SSSR count). The molecule has 0 unspecified atom stereocenters. The van der Waals surface area contributed by atoms with E-state index in [0.717, 1.165) is 11.3 Å². The predicted octanol–water partition coefficient (Wildman–Crippen LogP) is 3.62. The standard InChI is InChI=1S/C23H20FN5O2/c24-19-14-17(6-7-21(19)28-10-12-31-13-11-28)27-23(30)18-15-26-29-20(8-9-25-22(18)29)16-4-2-1-3-5-16/h1-9,14-15H,10-13H2,(H,27,30). The highest BCUT2D eigenvalue weighted by Crippen LogP contribution is 2.25. The number of aromatic nitrogens is 3. The van der Waals surface area contributed by atoms with Gasteiger partial charge in [-0.25, -0.2) is 13.9 Å². The number of amides is 1. The molecule has 0 radical (unpaired) electrons. The quantitative estimate of drug-likeness (QED) is 0.549. The van der Waals surface area contributed by atoms with Crippen molar-refractivity contribution in [2.75, 3.05) is 36.5 Å². The molecule has 2 aromatic heterocycles. The fourth-order valence-corrected chi connectivity index (χ4v) is 3.72. The maximum absolute atomic E-state index is 14.7. The van der Waals surface area contributed by atoms with Crippen molar-refractivity contribution >= 4 is 22.9 Å².